The van der Waals surface area contributed by atoms with Gasteiger partial charge >= 0.3 is 0 Å². The molecule has 2 aromatic rings. The van der Waals surface area contributed by atoms with E-state index in [1.807, 2.05) is 0 Å². The second-order valence-electron chi connectivity index (χ2n) is 5.52. The molecule has 2 aromatic carbocycles. The molecule has 0 aliphatic heterocycles. The molecule has 0 saturated heterocycles. The summed E-state index contributed by atoms with van der Waals surface area (Å²) in [7, 11) is 2.08. The Labute approximate surface area is 132 Å². The van der Waals surface area contributed by atoms with Crippen LogP contribution in [0, 0.1) is 18.3 Å². The summed E-state index contributed by atoms with van der Waals surface area (Å²) in [6.45, 7) is 2.11. The molecule has 0 aliphatic rings. The number of nitrogens with one attached hydrogen (secondary N) is 1. The van der Waals surface area contributed by atoms with Crippen LogP contribution >= 0.6 is 0 Å². The minimum Gasteiger partial charge on any atom is -0.326 e. The van der Waals surface area contributed by atoms with Crippen LogP contribution in [-0.4, -0.2) is 13.8 Å². The van der Waals surface area contributed by atoms with Gasteiger partial charge in [0, 0.05) is 12.1 Å². The van der Waals surface area contributed by atoms with Gasteiger partial charge in [-0.1, -0.05) is 29.7 Å². The zero-order chi connectivity index (χ0) is 15.9. The summed E-state index contributed by atoms with van der Waals surface area (Å²) in [4.78, 5) is 11.9. The number of hydrogen-bond acceptors (Lipinski definition) is 2. The maximum Gasteiger partial charge on any atom is 0.224 e. The Balaban J connectivity index is 1.84. The van der Waals surface area contributed by atoms with Crippen LogP contribution in [0.15, 0.2) is 42.5 Å². The van der Waals surface area contributed by atoms with E-state index in [1.54, 1.807) is 24.3 Å². The molecule has 0 heterocycles. The van der Waals surface area contributed by atoms with E-state index in [2.05, 4.69) is 44.4 Å². The molecule has 0 fully saturated rings. The number of amides is 1. The van der Waals surface area contributed by atoms with Gasteiger partial charge in [-0.05, 0) is 49.1 Å². The van der Waals surface area contributed by atoms with Crippen molar-refractivity contribution in [2.45, 2.75) is 26.2 Å². The molecule has 0 radical (unpaired) electrons. The molecular formula is C18H19BN2O. The van der Waals surface area contributed by atoms with Crippen molar-refractivity contribution in [1.29, 1.82) is 5.26 Å². The van der Waals surface area contributed by atoms with Crippen LogP contribution in [0.4, 0.5) is 5.69 Å². The molecule has 0 aliphatic carbocycles. The summed E-state index contributed by atoms with van der Waals surface area (Å²) in [5, 5.41) is 11.7. The molecule has 0 aromatic heterocycles. The molecule has 0 atom stereocenters. The van der Waals surface area contributed by atoms with Crippen molar-refractivity contribution in [1.82, 2.24) is 0 Å². The van der Waals surface area contributed by atoms with E-state index in [9.17, 15) is 4.79 Å². The lowest BCUT2D eigenvalue weighted by Gasteiger charge is -2.08. The van der Waals surface area contributed by atoms with Gasteiger partial charge in [0.2, 0.25) is 5.91 Å². The normalized spacial score (nSPS) is 10.0. The first kappa shape index (κ1) is 15.8. The van der Waals surface area contributed by atoms with Gasteiger partial charge in [-0.3, -0.25) is 4.79 Å². The lowest BCUT2D eigenvalue weighted by Crippen LogP contribution is -2.12. The molecule has 4 heteroatoms. The standard InChI is InChI=1S/C18H19BN2O/c1-13-10-16(19)9-8-15(13)5-3-7-18(22)21-17-6-2-4-14(11-17)12-20/h2,4,6,8-11H,3,5,7,19H2,1H3,(H,21,22). The van der Waals surface area contributed by atoms with Crippen molar-refractivity contribution in [3.05, 3.63) is 59.2 Å². The minimum absolute atomic E-state index is 0.0140. The van der Waals surface area contributed by atoms with Gasteiger partial charge in [0.05, 0.1) is 11.6 Å². The number of anilines is 1. The Hall–Kier alpha value is -2.54. The van der Waals surface area contributed by atoms with Crippen LogP contribution in [0.3, 0.4) is 0 Å². The number of nitrogens with zero attached hydrogens (tertiary/aromatic N) is 1. The van der Waals surface area contributed by atoms with Crippen molar-refractivity contribution in [3.63, 3.8) is 0 Å². The van der Waals surface area contributed by atoms with Crippen LogP contribution < -0.4 is 10.8 Å². The van der Waals surface area contributed by atoms with Gasteiger partial charge in [0.1, 0.15) is 7.85 Å². The van der Waals surface area contributed by atoms with Gasteiger partial charge in [-0.25, -0.2) is 0 Å². The van der Waals surface area contributed by atoms with E-state index in [1.165, 1.54) is 16.6 Å². The lowest BCUT2D eigenvalue weighted by atomic mass is 9.91. The molecular weight excluding hydrogens is 271 g/mol. The number of nitriles is 1. The summed E-state index contributed by atoms with van der Waals surface area (Å²) in [5.41, 5.74) is 5.06. The lowest BCUT2D eigenvalue weighted by molar-refractivity contribution is -0.116. The van der Waals surface area contributed by atoms with Crippen LogP contribution in [0.2, 0.25) is 0 Å². The fourth-order valence-electron chi connectivity index (χ4n) is 2.46. The van der Waals surface area contributed by atoms with E-state index in [0.29, 0.717) is 17.7 Å². The maximum atomic E-state index is 11.9. The Morgan fingerprint density at radius 2 is 2.09 bits per heavy atom. The first-order valence-electron chi connectivity index (χ1n) is 7.44. The third kappa shape index (κ3) is 4.49. The van der Waals surface area contributed by atoms with Crippen molar-refractivity contribution < 1.29 is 4.79 Å². The van der Waals surface area contributed by atoms with Gasteiger partial charge in [0.25, 0.3) is 0 Å². The smallest absolute Gasteiger partial charge is 0.224 e. The fraction of sp³-hybridized carbons (Fsp3) is 0.222. The van der Waals surface area contributed by atoms with E-state index < -0.39 is 0 Å². The maximum absolute atomic E-state index is 11.9. The van der Waals surface area contributed by atoms with E-state index >= 15 is 0 Å². The average Bonchev–Trinajstić information content (AvgIpc) is 2.49. The highest BCUT2D eigenvalue weighted by Crippen LogP contribution is 2.12. The van der Waals surface area contributed by atoms with Crippen LogP contribution in [0.5, 0.6) is 0 Å². The fourth-order valence-corrected chi connectivity index (χ4v) is 2.46. The molecule has 0 unspecified atom stereocenters. The van der Waals surface area contributed by atoms with Crippen LogP contribution in [-0.2, 0) is 11.2 Å². The Morgan fingerprint density at radius 3 is 2.82 bits per heavy atom. The largest absolute Gasteiger partial charge is 0.326 e. The Kier molecular flexibility index (Phi) is 5.38. The van der Waals surface area contributed by atoms with Crippen molar-refractivity contribution in [3.8, 4) is 6.07 Å². The number of hydrogen-bond donors (Lipinski definition) is 1. The molecule has 0 bridgehead atoms. The van der Waals surface area contributed by atoms with Gasteiger partial charge < -0.3 is 5.32 Å². The second kappa shape index (κ2) is 7.47. The monoisotopic (exact) mass is 290 g/mol. The Morgan fingerprint density at radius 1 is 1.27 bits per heavy atom. The predicted molar refractivity (Wildman–Crippen MR) is 92.1 cm³/mol. The van der Waals surface area contributed by atoms with E-state index in [4.69, 9.17) is 5.26 Å². The number of rotatable bonds is 5. The van der Waals surface area contributed by atoms with Crippen molar-refractivity contribution >= 4 is 24.9 Å². The highest BCUT2D eigenvalue weighted by atomic mass is 16.1. The summed E-state index contributed by atoms with van der Waals surface area (Å²) in [6.07, 6.45) is 2.19. The first-order chi connectivity index (χ1) is 10.6. The molecule has 1 N–H and O–H groups in total. The SMILES string of the molecule is Bc1ccc(CCCC(=O)Nc2cccc(C#N)c2)c(C)c1. The second-order valence-corrected chi connectivity index (χ2v) is 5.52. The topological polar surface area (TPSA) is 52.9 Å². The highest BCUT2D eigenvalue weighted by Gasteiger charge is 2.05. The van der Waals surface area contributed by atoms with Gasteiger partial charge in [-0.15, -0.1) is 0 Å². The van der Waals surface area contributed by atoms with Crippen molar-refractivity contribution in [2.75, 3.05) is 5.32 Å². The molecule has 1 amide bonds. The zero-order valence-corrected chi connectivity index (χ0v) is 13.0. The Bertz CT molecular complexity index is 719. The molecule has 0 spiro atoms. The summed E-state index contributed by atoms with van der Waals surface area (Å²) < 4.78 is 0. The highest BCUT2D eigenvalue weighted by molar-refractivity contribution is 6.32. The summed E-state index contributed by atoms with van der Waals surface area (Å²) >= 11 is 0. The third-order valence-corrected chi connectivity index (χ3v) is 3.62. The van der Waals surface area contributed by atoms with Gasteiger partial charge in [0.15, 0.2) is 0 Å². The number of benzene rings is 2. The summed E-state index contributed by atoms with van der Waals surface area (Å²) in [6, 6.07) is 15.4. The molecule has 22 heavy (non-hydrogen) atoms. The average molecular weight is 290 g/mol. The number of carbonyl (C=O) groups is 1. The molecule has 110 valence electrons. The predicted octanol–water partition coefficient (Wildman–Crippen LogP) is 2.09. The van der Waals surface area contributed by atoms with Gasteiger partial charge in [-0.2, -0.15) is 5.26 Å². The number of aryl methyl sites for hydroxylation is 2. The minimum atomic E-state index is -0.0140. The van der Waals surface area contributed by atoms with Crippen LogP contribution in [0.1, 0.15) is 29.5 Å². The van der Waals surface area contributed by atoms with Crippen molar-refractivity contribution in [2.24, 2.45) is 0 Å². The summed E-state index contributed by atoms with van der Waals surface area (Å²) in [5.74, 6) is -0.0140. The molecule has 3 nitrogen and oxygen atoms in total. The zero-order valence-electron chi connectivity index (χ0n) is 13.0. The number of carbonyl (C=O) groups excluding carboxylic acids is 1. The van der Waals surface area contributed by atoms with E-state index in [-0.39, 0.29) is 5.91 Å². The first-order valence-corrected chi connectivity index (χ1v) is 7.44. The quantitative estimate of drug-likeness (QED) is 0.857. The molecule has 0 saturated carbocycles. The van der Waals surface area contributed by atoms with E-state index in [0.717, 1.165) is 12.8 Å². The third-order valence-electron chi connectivity index (χ3n) is 3.62. The van der Waals surface area contributed by atoms with Crippen LogP contribution in [0.25, 0.3) is 0 Å². The molecule has 2 rings (SSSR count).